The van der Waals surface area contributed by atoms with Crippen molar-refractivity contribution < 1.29 is 14.7 Å². The quantitative estimate of drug-likeness (QED) is 0.802. The van der Waals surface area contributed by atoms with Gasteiger partial charge >= 0.3 is 12.0 Å². The summed E-state index contributed by atoms with van der Waals surface area (Å²) >= 11 is 0. The molecule has 0 aromatic rings. The van der Waals surface area contributed by atoms with E-state index in [1.165, 1.54) is 0 Å². The van der Waals surface area contributed by atoms with Crippen LogP contribution < -0.4 is 5.32 Å². The van der Waals surface area contributed by atoms with Crippen molar-refractivity contribution in [3.05, 3.63) is 0 Å². The molecule has 0 bridgehead atoms. The van der Waals surface area contributed by atoms with Gasteiger partial charge in [0, 0.05) is 19.1 Å². The zero-order valence-electron chi connectivity index (χ0n) is 12.4. The molecule has 0 spiro atoms. The second-order valence-electron chi connectivity index (χ2n) is 7.15. The molecule has 5 heteroatoms. The van der Waals surface area contributed by atoms with E-state index in [2.05, 4.69) is 33.0 Å². The molecule has 0 aromatic heterocycles. The minimum atomic E-state index is -0.810. The number of aliphatic carboxylic acids is 1. The van der Waals surface area contributed by atoms with Gasteiger partial charge < -0.3 is 15.3 Å². The summed E-state index contributed by atoms with van der Waals surface area (Å²) in [6.07, 6.45) is 0. The first-order valence-corrected chi connectivity index (χ1v) is 6.87. The second kappa shape index (κ2) is 4.12. The van der Waals surface area contributed by atoms with Crippen molar-refractivity contribution in [3.63, 3.8) is 0 Å². The SMILES string of the molecule is CC1CN(C(=O)NC2C(C)(C)C2(C)C)CC1C(=O)O. The zero-order chi connectivity index (χ0) is 14.6. The molecule has 19 heavy (non-hydrogen) atoms. The molecule has 0 radical (unpaired) electrons. The number of nitrogens with zero attached hydrogens (tertiary/aromatic N) is 1. The highest BCUT2D eigenvalue weighted by Crippen LogP contribution is 2.62. The van der Waals surface area contributed by atoms with E-state index in [0.29, 0.717) is 13.1 Å². The number of carbonyl (C=O) groups is 2. The maximum Gasteiger partial charge on any atom is 0.317 e. The molecule has 1 aliphatic heterocycles. The Morgan fingerprint density at radius 2 is 1.68 bits per heavy atom. The molecule has 5 nitrogen and oxygen atoms in total. The van der Waals surface area contributed by atoms with E-state index in [9.17, 15) is 9.59 Å². The van der Waals surface area contributed by atoms with E-state index < -0.39 is 11.9 Å². The summed E-state index contributed by atoms with van der Waals surface area (Å²) < 4.78 is 0. The van der Waals surface area contributed by atoms with Crippen LogP contribution in [0, 0.1) is 22.7 Å². The number of urea groups is 1. The lowest BCUT2D eigenvalue weighted by molar-refractivity contribution is -0.142. The van der Waals surface area contributed by atoms with E-state index in [1.54, 1.807) is 4.90 Å². The smallest absolute Gasteiger partial charge is 0.317 e. The van der Waals surface area contributed by atoms with Gasteiger partial charge in [0.05, 0.1) is 5.92 Å². The van der Waals surface area contributed by atoms with Gasteiger partial charge in [0.25, 0.3) is 0 Å². The fraction of sp³-hybridized carbons (Fsp3) is 0.857. The Balaban J connectivity index is 1.95. The third-order valence-corrected chi connectivity index (χ3v) is 5.51. The van der Waals surface area contributed by atoms with Crippen LogP contribution in [0.1, 0.15) is 34.6 Å². The van der Waals surface area contributed by atoms with Crippen LogP contribution in [0.4, 0.5) is 4.79 Å². The lowest BCUT2D eigenvalue weighted by Crippen LogP contribution is -2.41. The Bertz CT molecular complexity index is 403. The maximum absolute atomic E-state index is 12.2. The maximum atomic E-state index is 12.2. The average molecular weight is 268 g/mol. The van der Waals surface area contributed by atoms with E-state index in [1.807, 2.05) is 6.92 Å². The summed E-state index contributed by atoms with van der Waals surface area (Å²) in [6.45, 7) is 11.3. The van der Waals surface area contributed by atoms with Crippen LogP contribution >= 0.6 is 0 Å². The third kappa shape index (κ3) is 2.09. The van der Waals surface area contributed by atoms with Gasteiger partial charge in [-0.2, -0.15) is 0 Å². The van der Waals surface area contributed by atoms with Gasteiger partial charge in [-0.25, -0.2) is 4.79 Å². The summed E-state index contributed by atoms with van der Waals surface area (Å²) in [5, 5.41) is 12.1. The van der Waals surface area contributed by atoms with Gasteiger partial charge in [0.1, 0.15) is 0 Å². The van der Waals surface area contributed by atoms with Crippen LogP contribution in [0.25, 0.3) is 0 Å². The van der Waals surface area contributed by atoms with Crippen molar-refractivity contribution in [2.75, 3.05) is 13.1 Å². The number of carboxylic acid groups (broad SMARTS) is 1. The van der Waals surface area contributed by atoms with E-state index in [4.69, 9.17) is 5.11 Å². The number of carboxylic acids is 1. The summed E-state index contributed by atoms with van der Waals surface area (Å²) in [5.41, 5.74) is 0.195. The molecule has 2 amide bonds. The summed E-state index contributed by atoms with van der Waals surface area (Å²) in [7, 11) is 0. The Morgan fingerprint density at radius 3 is 2.05 bits per heavy atom. The standard InChI is InChI=1S/C14H24N2O3/c1-8-6-16(7-9(8)10(17)18)12(19)15-11-13(2,3)14(11,4)5/h8-9,11H,6-7H2,1-5H3,(H,15,19)(H,17,18). The predicted molar refractivity (Wildman–Crippen MR) is 71.7 cm³/mol. The van der Waals surface area contributed by atoms with E-state index in [-0.39, 0.29) is 28.8 Å². The van der Waals surface area contributed by atoms with Gasteiger partial charge in [0.2, 0.25) is 0 Å². The number of rotatable bonds is 2. The third-order valence-electron chi connectivity index (χ3n) is 5.51. The van der Waals surface area contributed by atoms with Gasteiger partial charge in [-0.15, -0.1) is 0 Å². The molecule has 1 heterocycles. The fourth-order valence-corrected chi connectivity index (χ4v) is 3.23. The molecule has 0 aromatic carbocycles. The van der Waals surface area contributed by atoms with Crippen LogP contribution in [0.15, 0.2) is 0 Å². The normalized spacial score (nSPS) is 32.2. The summed E-state index contributed by atoms with van der Waals surface area (Å²) in [5.74, 6) is -1.23. The molecule has 2 rings (SSSR count). The van der Waals surface area contributed by atoms with Gasteiger partial charge in [0.15, 0.2) is 0 Å². The predicted octanol–water partition coefficient (Wildman–Crippen LogP) is 1.78. The number of hydrogen-bond acceptors (Lipinski definition) is 2. The summed E-state index contributed by atoms with van der Waals surface area (Å²) in [4.78, 5) is 24.9. The molecular weight excluding hydrogens is 244 g/mol. The van der Waals surface area contributed by atoms with Crippen LogP contribution in [-0.4, -0.2) is 41.1 Å². The van der Waals surface area contributed by atoms with Crippen molar-refractivity contribution in [1.82, 2.24) is 10.2 Å². The molecular formula is C14H24N2O3. The molecule has 108 valence electrons. The number of amides is 2. The van der Waals surface area contributed by atoms with Crippen molar-refractivity contribution in [2.24, 2.45) is 22.7 Å². The van der Waals surface area contributed by atoms with Crippen molar-refractivity contribution >= 4 is 12.0 Å². The van der Waals surface area contributed by atoms with E-state index >= 15 is 0 Å². The molecule has 2 atom stereocenters. The van der Waals surface area contributed by atoms with Crippen LogP contribution in [0.5, 0.6) is 0 Å². The monoisotopic (exact) mass is 268 g/mol. The number of carbonyl (C=O) groups excluding carboxylic acids is 1. The lowest BCUT2D eigenvalue weighted by atomic mass is 9.99. The first-order valence-electron chi connectivity index (χ1n) is 6.87. The largest absolute Gasteiger partial charge is 0.481 e. The van der Waals surface area contributed by atoms with E-state index in [0.717, 1.165) is 0 Å². The van der Waals surface area contributed by atoms with Gasteiger partial charge in [-0.05, 0) is 16.7 Å². The minimum Gasteiger partial charge on any atom is -0.481 e. The molecule has 1 aliphatic carbocycles. The Labute approximate surface area is 114 Å². The Kier molecular flexibility index (Phi) is 3.07. The Hall–Kier alpha value is -1.26. The minimum absolute atomic E-state index is 0.0171. The molecule has 2 aliphatic rings. The number of nitrogens with one attached hydrogen (secondary N) is 1. The lowest BCUT2D eigenvalue weighted by Gasteiger charge is -2.18. The fourth-order valence-electron chi connectivity index (χ4n) is 3.23. The first-order chi connectivity index (χ1) is 8.59. The highest BCUT2D eigenvalue weighted by Gasteiger charge is 2.65. The van der Waals surface area contributed by atoms with Crippen molar-refractivity contribution in [1.29, 1.82) is 0 Å². The first kappa shape index (κ1) is 14.2. The molecule has 1 saturated carbocycles. The topological polar surface area (TPSA) is 69.6 Å². The van der Waals surface area contributed by atoms with Crippen molar-refractivity contribution in [3.8, 4) is 0 Å². The average Bonchev–Trinajstić information content (AvgIpc) is 2.65. The van der Waals surface area contributed by atoms with Crippen LogP contribution in [0.2, 0.25) is 0 Å². The van der Waals surface area contributed by atoms with Gasteiger partial charge in [-0.3, -0.25) is 4.79 Å². The Morgan fingerprint density at radius 1 is 1.16 bits per heavy atom. The van der Waals surface area contributed by atoms with Crippen LogP contribution in [0.3, 0.4) is 0 Å². The molecule has 1 saturated heterocycles. The highest BCUT2D eigenvalue weighted by atomic mass is 16.4. The number of likely N-dealkylation sites (tertiary alicyclic amines) is 1. The molecule has 2 fully saturated rings. The van der Waals surface area contributed by atoms with Gasteiger partial charge in [-0.1, -0.05) is 34.6 Å². The molecule has 2 N–H and O–H groups in total. The second-order valence-corrected chi connectivity index (χ2v) is 7.15. The number of hydrogen-bond donors (Lipinski definition) is 2. The molecule has 2 unspecified atom stereocenters. The van der Waals surface area contributed by atoms with Crippen LogP contribution in [-0.2, 0) is 4.79 Å². The zero-order valence-corrected chi connectivity index (χ0v) is 12.4. The summed E-state index contributed by atoms with van der Waals surface area (Å²) in [6, 6.07) is 0.0333. The highest BCUT2D eigenvalue weighted by molar-refractivity contribution is 5.78. The van der Waals surface area contributed by atoms with Crippen molar-refractivity contribution in [2.45, 2.75) is 40.7 Å².